The van der Waals surface area contributed by atoms with E-state index >= 15 is 0 Å². The average molecular weight is 186 g/mol. The van der Waals surface area contributed by atoms with E-state index in [4.69, 9.17) is 10.4 Å². The summed E-state index contributed by atoms with van der Waals surface area (Å²) in [6.45, 7) is 7.50. The van der Waals surface area contributed by atoms with Gasteiger partial charge >= 0.3 is 0 Å². The second-order valence-corrected chi connectivity index (χ2v) is 3.21. The molecule has 0 aliphatic heterocycles. The van der Waals surface area contributed by atoms with Crippen molar-refractivity contribution < 1.29 is 15.3 Å². The van der Waals surface area contributed by atoms with E-state index in [1.54, 1.807) is 6.08 Å². The van der Waals surface area contributed by atoms with Gasteiger partial charge < -0.3 is 5.11 Å². The largest absolute Gasteiger partial charge is 0.392 e. The Morgan fingerprint density at radius 2 is 2.15 bits per heavy atom. The molecule has 13 heavy (non-hydrogen) atoms. The van der Waals surface area contributed by atoms with Gasteiger partial charge in [0.15, 0.2) is 0 Å². The van der Waals surface area contributed by atoms with Gasteiger partial charge in [0.2, 0.25) is 0 Å². The molecule has 1 unspecified atom stereocenters. The Morgan fingerprint density at radius 1 is 1.54 bits per heavy atom. The van der Waals surface area contributed by atoms with Crippen LogP contribution < -0.4 is 0 Å². The number of hydrogen-bond acceptors (Lipinski definition) is 3. The molecule has 0 aromatic heterocycles. The summed E-state index contributed by atoms with van der Waals surface area (Å²) in [5.74, 6) is 0. The molecule has 0 aromatic rings. The average Bonchev–Trinajstić information content (AvgIpc) is 2.05. The van der Waals surface area contributed by atoms with E-state index in [1.165, 1.54) is 0 Å². The summed E-state index contributed by atoms with van der Waals surface area (Å²) in [5, 5.41) is 17.1. The Hall–Kier alpha value is -0.640. The van der Waals surface area contributed by atoms with Gasteiger partial charge in [-0.05, 0) is 32.3 Å². The number of allylic oxidation sites excluding steroid dienone is 1. The van der Waals surface area contributed by atoms with E-state index in [9.17, 15) is 0 Å². The number of aliphatic hydroxyl groups excluding tert-OH is 1. The number of hydrogen-bond donors (Lipinski definition) is 2. The predicted octanol–water partition coefficient (Wildman–Crippen LogP) is 2.14. The van der Waals surface area contributed by atoms with Crippen molar-refractivity contribution in [2.45, 2.75) is 32.8 Å². The smallest absolute Gasteiger partial charge is 0.113 e. The van der Waals surface area contributed by atoms with Crippen LogP contribution in [0, 0.1) is 0 Å². The molecule has 0 saturated heterocycles. The summed E-state index contributed by atoms with van der Waals surface area (Å²) >= 11 is 0. The first-order chi connectivity index (χ1) is 6.11. The van der Waals surface area contributed by atoms with Crippen molar-refractivity contribution in [1.29, 1.82) is 0 Å². The topological polar surface area (TPSA) is 49.7 Å². The van der Waals surface area contributed by atoms with E-state index in [0.717, 1.165) is 17.6 Å². The molecule has 0 radical (unpaired) electrons. The summed E-state index contributed by atoms with van der Waals surface area (Å²) in [6, 6.07) is 0. The summed E-state index contributed by atoms with van der Waals surface area (Å²) < 4.78 is 0. The van der Waals surface area contributed by atoms with Crippen LogP contribution in [-0.4, -0.2) is 23.1 Å². The number of rotatable bonds is 6. The molecule has 1 atom stereocenters. The third-order valence-electron chi connectivity index (χ3n) is 1.92. The van der Waals surface area contributed by atoms with Gasteiger partial charge in [-0.15, -0.1) is 0 Å². The highest BCUT2D eigenvalue weighted by atomic mass is 17.1. The van der Waals surface area contributed by atoms with Gasteiger partial charge in [-0.1, -0.05) is 18.2 Å². The quantitative estimate of drug-likeness (QED) is 0.379. The van der Waals surface area contributed by atoms with Crippen molar-refractivity contribution >= 4 is 0 Å². The highest BCUT2D eigenvalue weighted by Gasteiger charge is 2.08. The minimum atomic E-state index is -0.304. The Morgan fingerprint density at radius 3 is 2.54 bits per heavy atom. The van der Waals surface area contributed by atoms with Crippen LogP contribution in [0.4, 0.5) is 0 Å². The molecule has 0 spiro atoms. The second kappa shape index (κ2) is 6.83. The molecule has 3 nitrogen and oxygen atoms in total. The molecule has 0 aliphatic carbocycles. The summed E-state index contributed by atoms with van der Waals surface area (Å²) in [4.78, 5) is 4.25. The fourth-order valence-corrected chi connectivity index (χ4v) is 1.01. The lowest BCUT2D eigenvalue weighted by Gasteiger charge is -2.12. The minimum Gasteiger partial charge on any atom is -0.392 e. The third-order valence-corrected chi connectivity index (χ3v) is 1.92. The van der Waals surface area contributed by atoms with Crippen molar-refractivity contribution in [1.82, 2.24) is 0 Å². The Bertz CT molecular complexity index is 185. The highest BCUT2D eigenvalue weighted by molar-refractivity contribution is 5.02. The van der Waals surface area contributed by atoms with Crippen molar-refractivity contribution in [2.24, 2.45) is 0 Å². The van der Waals surface area contributed by atoms with Crippen LogP contribution in [0.3, 0.4) is 0 Å². The van der Waals surface area contributed by atoms with Crippen LogP contribution in [0.1, 0.15) is 26.7 Å². The molecule has 0 saturated carbocycles. The lowest BCUT2D eigenvalue weighted by atomic mass is 10.0. The monoisotopic (exact) mass is 186 g/mol. The summed E-state index contributed by atoms with van der Waals surface area (Å²) in [5.41, 5.74) is 1.89. The van der Waals surface area contributed by atoms with E-state index in [-0.39, 0.29) is 12.7 Å². The first kappa shape index (κ1) is 12.4. The van der Waals surface area contributed by atoms with E-state index in [2.05, 4.69) is 11.5 Å². The highest BCUT2D eigenvalue weighted by Crippen LogP contribution is 2.13. The van der Waals surface area contributed by atoms with Gasteiger partial charge in [0.05, 0.1) is 6.61 Å². The lowest BCUT2D eigenvalue weighted by Crippen LogP contribution is -2.11. The maximum atomic E-state index is 8.59. The predicted molar refractivity (Wildman–Crippen MR) is 52.4 cm³/mol. The van der Waals surface area contributed by atoms with Gasteiger partial charge in [-0.25, -0.2) is 4.89 Å². The molecule has 0 fully saturated rings. The molecule has 3 heteroatoms. The molecule has 0 aliphatic rings. The van der Waals surface area contributed by atoms with E-state index in [0.29, 0.717) is 6.42 Å². The van der Waals surface area contributed by atoms with Crippen LogP contribution >= 0.6 is 0 Å². The van der Waals surface area contributed by atoms with E-state index in [1.807, 2.05) is 13.8 Å². The molecular weight excluding hydrogens is 168 g/mol. The molecular formula is C10H18O3. The second-order valence-electron chi connectivity index (χ2n) is 3.21. The Balaban J connectivity index is 3.85. The summed E-state index contributed by atoms with van der Waals surface area (Å²) in [6.07, 6.45) is 2.92. The maximum absolute atomic E-state index is 8.59. The van der Waals surface area contributed by atoms with Gasteiger partial charge in [0.25, 0.3) is 0 Å². The minimum absolute atomic E-state index is 0.0591. The molecule has 0 bridgehead atoms. The SMILES string of the molecule is C=C(C)C(CC/C(C)=C/CO)OO. The molecule has 2 N–H and O–H groups in total. The Labute approximate surface area is 79.3 Å². The fraction of sp³-hybridized carbons (Fsp3) is 0.600. The lowest BCUT2D eigenvalue weighted by molar-refractivity contribution is -0.269. The molecule has 0 heterocycles. The van der Waals surface area contributed by atoms with Crippen LogP contribution in [-0.2, 0) is 4.89 Å². The van der Waals surface area contributed by atoms with Crippen LogP contribution in [0.25, 0.3) is 0 Å². The van der Waals surface area contributed by atoms with Gasteiger partial charge in [-0.2, -0.15) is 0 Å². The van der Waals surface area contributed by atoms with Gasteiger partial charge in [0.1, 0.15) is 6.10 Å². The fourth-order valence-electron chi connectivity index (χ4n) is 1.01. The maximum Gasteiger partial charge on any atom is 0.113 e. The van der Waals surface area contributed by atoms with Crippen molar-refractivity contribution in [3.8, 4) is 0 Å². The first-order valence-corrected chi connectivity index (χ1v) is 4.34. The zero-order valence-electron chi connectivity index (χ0n) is 8.29. The molecule has 0 amide bonds. The normalized spacial score (nSPS) is 14.3. The molecule has 0 rings (SSSR count). The zero-order valence-corrected chi connectivity index (χ0v) is 8.29. The molecule has 0 aromatic carbocycles. The van der Waals surface area contributed by atoms with Crippen molar-refractivity contribution in [2.75, 3.05) is 6.61 Å². The first-order valence-electron chi connectivity index (χ1n) is 4.34. The van der Waals surface area contributed by atoms with Crippen LogP contribution in [0.2, 0.25) is 0 Å². The van der Waals surface area contributed by atoms with Crippen molar-refractivity contribution in [3.05, 3.63) is 23.8 Å². The standard InChI is InChI=1S/C10H18O3/c1-8(2)10(13-12)5-4-9(3)6-7-11/h6,10-12H,1,4-5,7H2,2-3H3/b9-6+. The van der Waals surface area contributed by atoms with Crippen molar-refractivity contribution in [3.63, 3.8) is 0 Å². The Kier molecular flexibility index (Phi) is 6.49. The summed E-state index contributed by atoms with van der Waals surface area (Å²) in [7, 11) is 0. The van der Waals surface area contributed by atoms with E-state index < -0.39 is 0 Å². The van der Waals surface area contributed by atoms with Crippen LogP contribution in [0.15, 0.2) is 23.8 Å². The van der Waals surface area contributed by atoms with Crippen LogP contribution in [0.5, 0.6) is 0 Å². The van der Waals surface area contributed by atoms with Gasteiger partial charge in [-0.3, -0.25) is 5.26 Å². The molecule has 76 valence electrons. The zero-order chi connectivity index (χ0) is 10.3. The third kappa shape index (κ3) is 5.58. The van der Waals surface area contributed by atoms with Gasteiger partial charge in [0, 0.05) is 0 Å². The number of aliphatic hydroxyl groups is 1.